The minimum atomic E-state index is 0.378. The van der Waals surface area contributed by atoms with Gasteiger partial charge in [-0.05, 0) is 37.6 Å². The van der Waals surface area contributed by atoms with Crippen LogP contribution in [0.25, 0.3) is 0 Å². The van der Waals surface area contributed by atoms with Crippen LogP contribution < -0.4 is 5.32 Å². The first-order chi connectivity index (χ1) is 9.67. The molecule has 1 aliphatic carbocycles. The highest BCUT2D eigenvalue weighted by Crippen LogP contribution is 2.29. The summed E-state index contributed by atoms with van der Waals surface area (Å²) in [7, 11) is 0. The maximum Gasteiger partial charge on any atom is 0.0731 e. The van der Waals surface area contributed by atoms with Crippen molar-refractivity contribution in [1.29, 1.82) is 0 Å². The van der Waals surface area contributed by atoms with Crippen LogP contribution in [0.3, 0.4) is 0 Å². The van der Waals surface area contributed by atoms with E-state index in [-0.39, 0.29) is 0 Å². The summed E-state index contributed by atoms with van der Waals surface area (Å²) in [5.41, 5.74) is 0. The largest absolute Gasteiger partial charge is 0.379 e. The number of likely N-dealkylation sites (N-methyl/N-ethyl adjacent to an activating group) is 1. The van der Waals surface area contributed by atoms with Gasteiger partial charge in [0.2, 0.25) is 0 Å². The average molecular weight is 285 g/mol. The molecule has 20 heavy (non-hydrogen) atoms. The van der Waals surface area contributed by atoms with Crippen molar-refractivity contribution in [2.24, 2.45) is 11.8 Å². The highest BCUT2D eigenvalue weighted by molar-refractivity contribution is 4.85. The quantitative estimate of drug-likeness (QED) is 0.622. The molecule has 1 aliphatic rings. The predicted octanol–water partition coefficient (Wildman–Crippen LogP) is 3.62. The van der Waals surface area contributed by atoms with Crippen LogP contribution in [0, 0.1) is 11.8 Å². The molecule has 0 aromatic heterocycles. The molecule has 1 fully saturated rings. The van der Waals surface area contributed by atoms with Gasteiger partial charge in [0, 0.05) is 12.6 Å². The highest BCUT2D eigenvalue weighted by Gasteiger charge is 2.30. The first-order valence-corrected chi connectivity index (χ1v) is 8.60. The Balaban J connectivity index is 2.28. The summed E-state index contributed by atoms with van der Waals surface area (Å²) in [6, 6.07) is 0.540. The van der Waals surface area contributed by atoms with Crippen LogP contribution in [0.5, 0.6) is 0 Å². The van der Waals surface area contributed by atoms with Crippen LogP contribution in [-0.2, 0) is 9.47 Å². The molecule has 0 aliphatic heterocycles. The third-order valence-corrected chi connectivity index (χ3v) is 4.07. The molecule has 0 amide bonds. The molecule has 0 spiro atoms. The van der Waals surface area contributed by atoms with Gasteiger partial charge >= 0.3 is 0 Å². The molecule has 1 N–H and O–H groups in total. The van der Waals surface area contributed by atoms with Crippen molar-refractivity contribution >= 4 is 0 Å². The Labute approximate surface area is 125 Å². The number of rotatable bonds is 10. The van der Waals surface area contributed by atoms with E-state index in [2.05, 4.69) is 33.0 Å². The van der Waals surface area contributed by atoms with Gasteiger partial charge < -0.3 is 14.8 Å². The minimum absolute atomic E-state index is 0.378. The van der Waals surface area contributed by atoms with Gasteiger partial charge in [0.15, 0.2) is 0 Å². The van der Waals surface area contributed by atoms with E-state index < -0.39 is 0 Å². The second-order valence-electron chi connectivity index (χ2n) is 6.51. The molecule has 3 atom stereocenters. The summed E-state index contributed by atoms with van der Waals surface area (Å²) in [6.07, 6.45) is 6.85. The first kappa shape index (κ1) is 17.9. The van der Waals surface area contributed by atoms with E-state index in [1.165, 1.54) is 32.1 Å². The van der Waals surface area contributed by atoms with Crippen molar-refractivity contribution in [3.05, 3.63) is 0 Å². The van der Waals surface area contributed by atoms with E-state index in [1.807, 2.05) is 0 Å². The van der Waals surface area contributed by atoms with Crippen molar-refractivity contribution in [2.45, 2.75) is 71.9 Å². The average Bonchev–Trinajstić information content (AvgIpc) is 2.41. The zero-order chi connectivity index (χ0) is 14.8. The maximum atomic E-state index is 6.12. The standard InChI is InChI=1S/C17H35NO2/c1-5-7-15-8-9-16(18-6-2)17(12-15)20-11-10-19-13-14(3)4/h14-18H,5-13H2,1-4H3. The third kappa shape index (κ3) is 7.05. The molecule has 0 aromatic carbocycles. The molecule has 120 valence electrons. The lowest BCUT2D eigenvalue weighted by Gasteiger charge is -2.36. The third-order valence-electron chi connectivity index (χ3n) is 4.07. The van der Waals surface area contributed by atoms with E-state index in [4.69, 9.17) is 9.47 Å². The second kappa shape index (κ2) is 10.6. The van der Waals surface area contributed by atoms with Crippen LogP contribution in [0.1, 0.15) is 59.8 Å². The molecule has 1 saturated carbocycles. The molecule has 0 heterocycles. The lowest BCUT2D eigenvalue weighted by atomic mass is 9.81. The predicted molar refractivity (Wildman–Crippen MR) is 85.1 cm³/mol. The molecular formula is C17H35NO2. The molecule has 3 nitrogen and oxygen atoms in total. The van der Waals surface area contributed by atoms with Crippen LogP contribution >= 0.6 is 0 Å². The van der Waals surface area contributed by atoms with Crippen LogP contribution in [0.2, 0.25) is 0 Å². The molecule has 1 rings (SSSR count). The van der Waals surface area contributed by atoms with Gasteiger partial charge in [0.1, 0.15) is 0 Å². The fraction of sp³-hybridized carbons (Fsp3) is 1.00. The van der Waals surface area contributed by atoms with E-state index in [1.54, 1.807) is 0 Å². The summed E-state index contributed by atoms with van der Waals surface area (Å²) in [6.45, 7) is 12.2. The fourth-order valence-electron chi connectivity index (χ4n) is 3.14. The minimum Gasteiger partial charge on any atom is -0.379 e. The Morgan fingerprint density at radius 1 is 1.15 bits per heavy atom. The molecular weight excluding hydrogens is 250 g/mol. The Morgan fingerprint density at radius 2 is 1.95 bits per heavy atom. The molecule has 0 saturated heterocycles. The van der Waals surface area contributed by atoms with Crippen molar-refractivity contribution in [2.75, 3.05) is 26.4 Å². The lowest BCUT2D eigenvalue weighted by Crippen LogP contribution is -2.46. The molecule has 0 aromatic rings. The Hall–Kier alpha value is -0.120. The summed E-state index contributed by atoms with van der Waals surface area (Å²) in [4.78, 5) is 0. The van der Waals surface area contributed by atoms with E-state index in [9.17, 15) is 0 Å². The Kier molecular flexibility index (Phi) is 9.49. The molecule has 3 heteroatoms. The van der Waals surface area contributed by atoms with Crippen molar-refractivity contribution in [1.82, 2.24) is 5.32 Å². The lowest BCUT2D eigenvalue weighted by molar-refractivity contribution is -0.0392. The van der Waals surface area contributed by atoms with Crippen molar-refractivity contribution < 1.29 is 9.47 Å². The monoisotopic (exact) mass is 285 g/mol. The van der Waals surface area contributed by atoms with E-state index in [0.29, 0.717) is 18.1 Å². The van der Waals surface area contributed by atoms with Gasteiger partial charge in [-0.25, -0.2) is 0 Å². The van der Waals surface area contributed by atoms with Gasteiger partial charge in [-0.3, -0.25) is 0 Å². The van der Waals surface area contributed by atoms with Gasteiger partial charge in [0.25, 0.3) is 0 Å². The SMILES string of the molecule is CCCC1CCC(NCC)C(OCCOCC(C)C)C1. The summed E-state index contributed by atoms with van der Waals surface area (Å²) >= 11 is 0. The zero-order valence-electron chi connectivity index (χ0n) is 14.0. The topological polar surface area (TPSA) is 30.5 Å². The molecule has 3 unspecified atom stereocenters. The summed E-state index contributed by atoms with van der Waals surface area (Å²) in [5.74, 6) is 1.46. The number of ether oxygens (including phenoxy) is 2. The molecule has 0 radical (unpaired) electrons. The van der Waals surface area contributed by atoms with Gasteiger partial charge in [-0.1, -0.05) is 40.5 Å². The normalized spacial score (nSPS) is 27.1. The number of hydrogen-bond donors (Lipinski definition) is 1. The van der Waals surface area contributed by atoms with E-state index in [0.717, 1.165) is 32.3 Å². The first-order valence-electron chi connectivity index (χ1n) is 8.60. The zero-order valence-corrected chi connectivity index (χ0v) is 14.0. The second-order valence-corrected chi connectivity index (χ2v) is 6.51. The van der Waals surface area contributed by atoms with Gasteiger partial charge in [-0.2, -0.15) is 0 Å². The maximum absolute atomic E-state index is 6.12. The van der Waals surface area contributed by atoms with Crippen LogP contribution in [-0.4, -0.2) is 38.5 Å². The Bertz CT molecular complexity index is 233. The smallest absolute Gasteiger partial charge is 0.0731 e. The number of nitrogens with one attached hydrogen (secondary N) is 1. The summed E-state index contributed by atoms with van der Waals surface area (Å²) < 4.78 is 11.7. The summed E-state index contributed by atoms with van der Waals surface area (Å²) in [5, 5.41) is 3.59. The van der Waals surface area contributed by atoms with Crippen molar-refractivity contribution in [3.63, 3.8) is 0 Å². The molecule has 0 bridgehead atoms. The van der Waals surface area contributed by atoms with Gasteiger partial charge in [-0.15, -0.1) is 0 Å². The highest BCUT2D eigenvalue weighted by atomic mass is 16.5. The number of hydrogen-bond acceptors (Lipinski definition) is 3. The Morgan fingerprint density at radius 3 is 2.60 bits per heavy atom. The fourth-order valence-corrected chi connectivity index (χ4v) is 3.14. The van der Waals surface area contributed by atoms with Crippen LogP contribution in [0.4, 0.5) is 0 Å². The van der Waals surface area contributed by atoms with E-state index >= 15 is 0 Å². The van der Waals surface area contributed by atoms with Crippen molar-refractivity contribution in [3.8, 4) is 0 Å². The van der Waals surface area contributed by atoms with Crippen LogP contribution in [0.15, 0.2) is 0 Å². The van der Waals surface area contributed by atoms with Gasteiger partial charge in [0.05, 0.1) is 19.3 Å².